The number of phosphoric acid groups is 1. The number of nitrogens with two attached hydrogens (primary N) is 1. The Balaban J connectivity index is 3.84. The van der Waals surface area contributed by atoms with Crippen molar-refractivity contribution in [1.29, 1.82) is 0 Å². The highest BCUT2D eigenvalue weighted by molar-refractivity contribution is 7.47. The van der Waals surface area contributed by atoms with Crippen LogP contribution in [0.15, 0.2) is 134 Å². The summed E-state index contributed by atoms with van der Waals surface area (Å²) >= 11 is 0. The van der Waals surface area contributed by atoms with Crippen molar-refractivity contribution in [3.8, 4) is 0 Å². The van der Waals surface area contributed by atoms with Gasteiger partial charge in [0.05, 0.1) is 13.2 Å². The van der Waals surface area contributed by atoms with Crippen molar-refractivity contribution in [3.05, 3.63) is 134 Å². The van der Waals surface area contributed by atoms with Crippen molar-refractivity contribution in [1.82, 2.24) is 0 Å². The van der Waals surface area contributed by atoms with E-state index in [1.54, 1.807) is 0 Å². The standard InChI is InChI=1S/C91H160NO8P/c1-3-5-7-9-11-13-15-17-19-21-23-25-27-29-31-33-35-37-39-41-43-44-46-48-50-52-54-56-58-60-62-64-66-68-70-72-74-76-78-80-82-84-91(94)100-89(88-99-101(95,96)98-86-85-92)87-97-90(93)83-81-79-77-75-73-71-69-67-65-63-61-59-57-55-53-51-49-47-45-42-40-38-36-34-32-30-28-26-24-22-20-18-16-14-12-10-8-6-4-2/h5,7,11,13,17,19,23,25,29,31,35,37,41,43,46,48,52,54,58,60,64,66,89H,3-4,6,8-10,12,14-16,18,20-22,24,26-28,30,32-34,36,38-40,42,44-45,47,49-51,53,55-57,59,61-63,65,67-88,92H2,1-2H3,(H,95,96)/b7-5-,13-11-,19-17-,25-23-,31-29-,37-35-,43-41-,48-46-,54-52-,60-58-,66-64-. The molecule has 0 bridgehead atoms. The number of ether oxygens (including phenoxy) is 2. The monoisotopic (exact) mass is 1430 g/mol. The lowest BCUT2D eigenvalue weighted by molar-refractivity contribution is -0.161. The molecule has 0 aliphatic carbocycles. The maximum atomic E-state index is 12.8. The molecule has 582 valence electrons. The van der Waals surface area contributed by atoms with Gasteiger partial charge in [0.1, 0.15) is 6.61 Å². The smallest absolute Gasteiger partial charge is 0.462 e. The molecular formula is C91H160NO8P. The number of carbonyl (C=O) groups is 2. The molecule has 3 N–H and O–H groups in total. The van der Waals surface area contributed by atoms with E-state index in [0.717, 1.165) is 116 Å². The number of phosphoric ester groups is 1. The molecule has 0 saturated heterocycles. The summed E-state index contributed by atoms with van der Waals surface area (Å²) in [4.78, 5) is 35.5. The van der Waals surface area contributed by atoms with Crippen molar-refractivity contribution in [2.24, 2.45) is 5.73 Å². The summed E-state index contributed by atoms with van der Waals surface area (Å²) in [6.07, 6.45) is 122. The second-order valence-corrected chi connectivity index (χ2v) is 29.8. The highest BCUT2D eigenvalue weighted by atomic mass is 31.2. The Labute approximate surface area is 624 Å². The Morgan fingerprint density at radius 3 is 0.812 bits per heavy atom. The van der Waals surface area contributed by atoms with Crippen LogP contribution in [0.1, 0.15) is 399 Å². The van der Waals surface area contributed by atoms with Crippen LogP contribution in [-0.4, -0.2) is 49.3 Å². The fourth-order valence-corrected chi connectivity index (χ4v) is 13.1. The average molecular weight is 1430 g/mol. The maximum absolute atomic E-state index is 12.8. The molecule has 0 fully saturated rings. The van der Waals surface area contributed by atoms with Gasteiger partial charge in [0.2, 0.25) is 0 Å². The molecule has 0 spiro atoms. The highest BCUT2D eigenvalue weighted by Gasteiger charge is 2.26. The number of allylic oxidation sites excluding steroid dienone is 22. The van der Waals surface area contributed by atoms with E-state index >= 15 is 0 Å². The lowest BCUT2D eigenvalue weighted by atomic mass is 10.0. The third-order valence-corrected chi connectivity index (χ3v) is 19.5. The Bertz CT molecular complexity index is 2130. The molecule has 10 heteroatoms. The average Bonchev–Trinajstić information content (AvgIpc) is 1.04. The third kappa shape index (κ3) is 85.0. The van der Waals surface area contributed by atoms with Crippen LogP contribution >= 0.6 is 7.82 Å². The fraction of sp³-hybridized carbons (Fsp3) is 0.736. The van der Waals surface area contributed by atoms with Crippen LogP contribution in [0.25, 0.3) is 0 Å². The second kappa shape index (κ2) is 85.1. The van der Waals surface area contributed by atoms with Crippen molar-refractivity contribution in [2.45, 2.75) is 405 Å². The zero-order chi connectivity index (χ0) is 72.9. The van der Waals surface area contributed by atoms with E-state index in [1.165, 1.54) is 250 Å². The van der Waals surface area contributed by atoms with Gasteiger partial charge in [0, 0.05) is 19.4 Å². The number of rotatable bonds is 80. The minimum absolute atomic E-state index is 0.0471. The molecule has 0 aromatic carbocycles. The second-order valence-electron chi connectivity index (χ2n) is 28.3. The quantitative estimate of drug-likeness (QED) is 0.0264. The molecular weight excluding hydrogens is 1270 g/mol. The predicted molar refractivity (Wildman–Crippen MR) is 441 cm³/mol. The summed E-state index contributed by atoms with van der Waals surface area (Å²) in [5.41, 5.74) is 5.42. The zero-order valence-electron chi connectivity index (χ0n) is 65.9. The lowest BCUT2D eigenvalue weighted by Gasteiger charge is -2.19. The van der Waals surface area contributed by atoms with E-state index in [2.05, 4.69) is 148 Å². The fourth-order valence-electron chi connectivity index (χ4n) is 12.3. The first-order valence-electron chi connectivity index (χ1n) is 42.7. The zero-order valence-corrected chi connectivity index (χ0v) is 66.8. The maximum Gasteiger partial charge on any atom is 0.472 e. The SMILES string of the molecule is CC/C=C\C/C=C\C/C=C\C/C=C\C/C=C\C/C=C\C/C=C\C/C=C\C/C=C\C/C=C\C/C=C\CCCCCCCCCC(=O)OC(COC(=O)CCCCCCCCCCCCCCCCCCCCCCCCCCCCCCCCCCCCCCCCC)COP(=O)(O)OCCN. The Hall–Kier alpha value is -3.85. The van der Waals surface area contributed by atoms with Gasteiger partial charge in [-0.05, 0) is 96.3 Å². The number of unbranched alkanes of at least 4 members (excludes halogenated alkanes) is 45. The Kier molecular flexibility index (Phi) is 81.8. The van der Waals surface area contributed by atoms with Gasteiger partial charge in [-0.15, -0.1) is 0 Å². The molecule has 0 radical (unpaired) electrons. The van der Waals surface area contributed by atoms with E-state index < -0.39 is 26.5 Å². The normalized spacial score (nSPS) is 13.5. The molecule has 0 rings (SSSR count). The molecule has 0 aromatic rings. The number of esters is 2. The van der Waals surface area contributed by atoms with Crippen LogP contribution in [0, 0.1) is 0 Å². The number of hydrogen-bond donors (Lipinski definition) is 2. The molecule has 0 aromatic heterocycles. The first-order chi connectivity index (χ1) is 49.8. The highest BCUT2D eigenvalue weighted by Crippen LogP contribution is 2.43. The summed E-state index contributed by atoms with van der Waals surface area (Å²) < 4.78 is 33.3. The first-order valence-corrected chi connectivity index (χ1v) is 44.2. The van der Waals surface area contributed by atoms with E-state index in [-0.39, 0.29) is 38.6 Å². The molecule has 0 amide bonds. The van der Waals surface area contributed by atoms with E-state index in [9.17, 15) is 19.0 Å². The van der Waals surface area contributed by atoms with Crippen molar-refractivity contribution < 1.29 is 37.6 Å². The number of carbonyl (C=O) groups excluding carboxylic acids is 2. The first kappa shape index (κ1) is 97.2. The van der Waals surface area contributed by atoms with Gasteiger partial charge in [-0.2, -0.15) is 0 Å². The van der Waals surface area contributed by atoms with Gasteiger partial charge in [0.25, 0.3) is 0 Å². The van der Waals surface area contributed by atoms with Crippen molar-refractivity contribution in [3.63, 3.8) is 0 Å². The summed E-state index contributed by atoms with van der Waals surface area (Å²) in [5, 5.41) is 0. The Morgan fingerprint density at radius 1 is 0.307 bits per heavy atom. The minimum Gasteiger partial charge on any atom is -0.462 e. The van der Waals surface area contributed by atoms with Crippen LogP contribution in [0.3, 0.4) is 0 Å². The Morgan fingerprint density at radius 2 is 0.545 bits per heavy atom. The molecule has 9 nitrogen and oxygen atoms in total. The van der Waals surface area contributed by atoms with Crippen LogP contribution in [0.4, 0.5) is 0 Å². The lowest BCUT2D eigenvalue weighted by Crippen LogP contribution is -2.29. The van der Waals surface area contributed by atoms with Gasteiger partial charge in [-0.3, -0.25) is 18.6 Å². The summed E-state index contributed by atoms with van der Waals surface area (Å²) in [6.45, 7) is 3.66. The van der Waals surface area contributed by atoms with Crippen LogP contribution < -0.4 is 5.73 Å². The molecule has 2 unspecified atom stereocenters. The van der Waals surface area contributed by atoms with Crippen LogP contribution in [-0.2, 0) is 32.7 Å². The molecule has 2 atom stereocenters. The molecule has 0 heterocycles. The molecule has 0 aliphatic heterocycles. The van der Waals surface area contributed by atoms with Gasteiger partial charge >= 0.3 is 19.8 Å². The van der Waals surface area contributed by atoms with E-state index in [1.807, 2.05) is 0 Å². The molecule has 0 aliphatic rings. The van der Waals surface area contributed by atoms with E-state index in [0.29, 0.717) is 6.42 Å². The van der Waals surface area contributed by atoms with Crippen LogP contribution in [0.2, 0.25) is 0 Å². The van der Waals surface area contributed by atoms with E-state index in [4.69, 9.17) is 24.3 Å². The predicted octanol–water partition coefficient (Wildman–Crippen LogP) is 29.1. The summed E-state index contributed by atoms with van der Waals surface area (Å²) in [6, 6.07) is 0. The van der Waals surface area contributed by atoms with Gasteiger partial charge < -0.3 is 20.1 Å². The van der Waals surface area contributed by atoms with Gasteiger partial charge in [-0.25, -0.2) is 4.57 Å². The summed E-state index contributed by atoms with van der Waals surface area (Å²) in [5.74, 6) is -0.832. The number of hydrogen-bond acceptors (Lipinski definition) is 8. The van der Waals surface area contributed by atoms with Gasteiger partial charge in [0.15, 0.2) is 6.10 Å². The topological polar surface area (TPSA) is 134 Å². The largest absolute Gasteiger partial charge is 0.472 e. The minimum atomic E-state index is -4.41. The van der Waals surface area contributed by atoms with Crippen LogP contribution in [0.5, 0.6) is 0 Å². The van der Waals surface area contributed by atoms with Crippen molar-refractivity contribution >= 4 is 19.8 Å². The van der Waals surface area contributed by atoms with Crippen molar-refractivity contribution in [2.75, 3.05) is 26.4 Å². The molecule has 101 heavy (non-hydrogen) atoms. The molecule has 0 saturated carbocycles. The third-order valence-electron chi connectivity index (χ3n) is 18.6. The van der Waals surface area contributed by atoms with Gasteiger partial charge in [-0.1, -0.05) is 424 Å². The summed E-state index contributed by atoms with van der Waals surface area (Å²) in [7, 11) is -4.41.